The Hall–Kier alpha value is -1.52. The van der Waals surface area contributed by atoms with Crippen molar-refractivity contribution >= 4 is 11.6 Å². The molecule has 0 saturated heterocycles. The summed E-state index contributed by atoms with van der Waals surface area (Å²) in [5.41, 5.74) is 0.888. The zero-order valence-corrected chi connectivity index (χ0v) is 12.2. The molecule has 0 aliphatic heterocycles. The van der Waals surface area contributed by atoms with Crippen molar-refractivity contribution in [3.8, 4) is 0 Å². The van der Waals surface area contributed by atoms with Gasteiger partial charge >= 0.3 is 0 Å². The third-order valence-electron chi connectivity index (χ3n) is 3.19. The van der Waals surface area contributed by atoms with Gasteiger partial charge in [0.25, 0.3) is 0 Å². The topological polar surface area (TPSA) is 12.0 Å². The van der Waals surface area contributed by atoms with Crippen LogP contribution >= 0.6 is 11.6 Å². The van der Waals surface area contributed by atoms with E-state index in [4.69, 9.17) is 11.6 Å². The molecule has 0 saturated carbocycles. The summed E-state index contributed by atoms with van der Waals surface area (Å²) in [5, 5.41) is 2.83. The second-order valence-corrected chi connectivity index (χ2v) is 5.14. The van der Waals surface area contributed by atoms with Gasteiger partial charge in [-0.15, -0.1) is 0 Å². The summed E-state index contributed by atoms with van der Waals surface area (Å²) >= 11 is 5.56. The number of rotatable bonds is 5. The predicted octanol–water partition coefficient (Wildman–Crippen LogP) is 4.65. The van der Waals surface area contributed by atoms with Gasteiger partial charge in [-0.3, -0.25) is 0 Å². The maximum absolute atomic E-state index is 14.0. The van der Waals surface area contributed by atoms with Crippen LogP contribution < -0.4 is 5.32 Å². The fourth-order valence-corrected chi connectivity index (χ4v) is 2.39. The van der Waals surface area contributed by atoms with E-state index in [1.54, 1.807) is 12.1 Å². The minimum atomic E-state index is -0.671. The van der Waals surface area contributed by atoms with Crippen LogP contribution in [0.15, 0.2) is 36.4 Å². The van der Waals surface area contributed by atoms with Crippen LogP contribution in [-0.4, -0.2) is 6.54 Å². The van der Waals surface area contributed by atoms with E-state index >= 15 is 0 Å². The number of halogens is 4. The molecule has 2 rings (SSSR count). The summed E-state index contributed by atoms with van der Waals surface area (Å²) < 4.78 is 40.8. The smallest absolute Gasteiger partial charge is 0.142 e. The van der Waals surface area contributed by atoms with Crippen LogP contribution in [-0.2, 0) is 6.42 Å². The Balaban J connectivity index is 2.33. The van der Waals surface area contributed by atoms with E-state index in [2.05, 4.69) is 5.32 Å². The Morgan fingerprint density at radius 3 is 2.52 bits per heavy atom. The second kappa shape index (κ2) is 6.96. The molecule has 0 bridgehead atoms. The van der Waals surface area contributed by atoms with E-state index in [1.165, 1.54) is 12.1 Å². The highest BCUT2D eigenvalue weighted by atomic mass is 35.5. The number of likely N-dealkylation sites (N-methyl/N-ethyl adjacent to an activating group) is 1. The van der Waals surface area contributed by atoms with Crippen LogP contribution in [0.1, 0.15) is 24.1 Å². The van der Waals surface area contributed by atoms with Crippen molar-refractivity contribution in [3.63, 3.8) is 0 Å². The molecule has 21 heavy (non-hydrogen) atoms. The molecule has 1 nitrogen and oxygen atoms in total. The van der Waals surface area contributed by atoms with Crippen molar-refractivity contribution in [1.29, 1.82) is 0 Å². The standard InChI is InChI=1S/C16H15ClF3N/c1-2-21-16(7-10-4-3-5-11(18)6-10)12-8-15(20)13(17)9-14(12)19/h3-6,8-9,16,21H,2,7H2,1H3. The molecule has 2 aromatic carbocycles. The Kier molecular flexibility index (Phi) is 5.26. The Morgan fingerprint density at radius 2 is 1.86 bits per heavy atom. The zero-order chi connectivity index (χ0) is 15.4. The van der Waals surface area contributed by atoms with Gasteiger partial charge in [-0.2, -0.15) is 0 Å². The molecule has 0 aromatic heterocycles. The summed E-state index contributed by atoms with van der Waals surface area (Å²) in [5.74, 6) is -1.61. The summed E-state index contributed by atoms with van der Waals surface area (Å²) in [6, 6.07) is 7.66. The molecule has 0 heterocycles. The van der Waals surface area contributed by atoms with Gasteiger partial charge in [-0.05, 0) is 42.8 Å². The van der Waals surface area contributed by atoms with Gasteiger partial charge in [-0.1, -0.05) is 30.7 Å². The molecule has 1 atom stereocenters. The van der Waals surface area contributed by atoms with Crippen molar-refractivity contribution in [2.45, 2.75) is 19.4 Å². The Morgan fingerprint density at radius 1 is 1.10 bits per heavy atom. The molecule has 0 spiro atoms. The van der Waals surface area contributed by atoms with E-state index in [0.717, 1.165) is 12.1 Å². The van der Waals surface area contributed by atoms with Crippen LogP contribution in [0.3, 0.4) is 0 Å². The van der Waals surface area contributed by atoms with E-state index in [0.29, 0.717) is 18.5 Å². The minimum absolute atomic E-state index is 0.183. The van der Waals surface area contributed by atoms with Crippen molar-refractivity contribution in [2.24, 2.45) is 0 Å². The van der Waals surface area contributed by atoms with Crippen LogP contribution in [0, 0.1) is 17.5 Å². The summed E-state index contributed by atoms with van der Waals surface area (Å²) in [6.45, 7) is 2.44. The monoisotopic (exact) mass is 313 g/mol. The maximum Gasteiger partial charge on any atom is 0.142 e. The molecular formula is C16H15ClF3N. The molecule has 5 heteroatoms. The lowest BCUT2D eigenvalue weighted by atomic mass is 9.98. The number of hydrogen-bond acceptors (Lipinski definition) is 1. The highest BCUT2D eigenvalue weighted by molar-refractivity contribution is 6.30. The van der Waals surface area contributed by atoms with E-state index in [-0.39, 0.29) is 16.4 Å². The van der Waals surface area contributed by atoms with Gasteiger partial charge in [0.15, 0.2) is 0 Å². The predicted molar refractivity (Wildman–Crippen MR) is 77.9 cm³/mol. The normalized spacial score (nSPS) is 12.4. The Labute approximate surface area is 126 Å². The molecule has 1 unspecified atom stereocenters. The van der Waals surface area contributed by atoms with Crippen molar-refractivity contribution < 1.29 is 13.2 Å². The second-order valence-electron chi connectivity index (χ2n) is 4.73. The fourth-order valence-electron chi connectivity index (χ4n) is 2.24. The summed E-state index contributed by atoms with van der Waals surface area (Å²) in [4.78, 5) is 0. The number of nitrogens with one attached hydrogen (secondary N) is 1. The van der Waals surface area contributed by atoms with Crippen LogP contribution in [0.2, 0.25) is 5.02 Å². The van der Waals surface area contributed by atoms with Crippen LogP contribution in [0.25, 0.3) is 0 Å². The zero-order valence-electron chi connectivity index (χ0n) is 11.5. The molecule has 0 aliphatic carbocycles. The van der Waals surface area contributed by atoms with Gasteiger partial charge in [0.05, 0.1) is 5.02 Å². The highest BCUT2D eigenvalue weighted by Crippen LogP contribution is 2.26. The maximum atomic E-state index is 14.0. The van der Waals surface area contributed by atoms with Crippen molar-refractivity contribution in [3.05, 3.63) is 70.0 Å². The lowest BCUT2D eigenvalue weighted by molar-refractivity contribution is 0.501. The highest BCUT2D eigenvalue weighted by Gasteiger charge is 2.18. The van der Waals surface area contributed by atoms with E-state index in [9.17, 15) is 13.2 Å². The average molecular weight is 314 g/mol. The summed E-state index contributed by atoms with van der Waals surface area (Å²) in [7, 11) is 0. The van der Waals surface area contributed by atoms with Crippen molar-refractivity contribution in [2.75, 3.05) is 6.54 Å². The molecule has 0 fully saturated rings. The first kappa shape index (κ1) is 15.9. The SMILES string of the molecule is CCNC(Cc1cccc(F)c1)c1cc(F)c(Cl)cc1F. The van der Waals surface area contributed by atoms with Gasteiger partial charge in [-0.25, -0.2) is 13.2 Å². The molecule has 112 valence electrons. The molecule has 1 N–H and O–H groups in total. The van der Waals surface area contributed by atoms with Crippen molar-refractivity contribution in [1.82, 2.24) is 5.32 Å². The largest absolute Gasteiger partial charge is 0.310 e. The molecule has 0 amide bonds. The number of benzene rings is 2. The average Bonchev–Trinajstić information content (AvgIpc) is 2.42. The number of hydrogen-bond donors (Lipinski definition) is 1. The lowest BCUT2D eigenvalue weighted by Crippen LogP contribution is -2.24. The van der Waals surface area contributed by atoms with Gasteiger partial charge in [0.2, 0.25) is 0 Å². The van der Waals surface area contributed by atoms with Gasteiger partial charge in [0, 0.05) is 11.6 Å². The quantitative estimate of drug-likeness (QED) is 0.792. The fraction of sp³-hybridized carbons (Fsp3) is 0.250. The lowest BCUT2D eigenvalue weighted by Gasteiger charge is -2.19. The Bertz CT molecular complexity index is 631. The minimum Gasteiger partial charge on any atom is -0.310 e. The van der Waals surface area contributed by atoms with Gasteiger partial charge in [0.1, 0.15) is 17.5 Å². The van der Waals surface area contributed by atoms with Gasteiger partial charge < -0.3 is 5.32 Å². The first-order chi connectivity index (χ1) is 10.0. The van der Waals surface area contributed by atoms with Crippen LogP contribution in [0.4, 0.5) is 13.2 Å². The van der Waals surface area contributed by atoms with E-state index < -0.39 is 17.7 Å². The first-order valence-corrected chi connectivity index (χ1v) is 7.01. The third kappa shape index (κ3) is 3.99. The van der Waals surface area contributed by atoms with E-state index in [1.807, 2.05) is 6.92 Å². The molecular weight excluding hydrogens is 299 g/mol. The third-order valence-corrected chi connectivity index (χ3v) is 3.48. The molecule has 0 radical (unpaired) electrons. The first-order valence-electron chi connectivity index (χ1n) is 6.63. The summed E-state index contributed by atoms with van der Waals surface area (Å²) in [6.07, 6.45) is 0.351. The van der Waals surface area contributed by atoms with Crippen LogP contribution in [0.5, 0.6) is 0 Å². The molecule has 0 aliphatic rings. The molecule has 2 aromatic rings.